The first-order valence-corrected chi connectivity index (χ1v) is 6.18. The normalized spacial score (nSPS) is 13.8. The summed E-state index contributed by atoms with van der Waals surface area (Å²) in [7, 11) is 0. The molecule has 0 bridgehead atoms. The van der Waals surface area contributed by atoms with E-state index in [9.17, 15) is 4.79 Å². The molecule has 3 nitrogen and oxygen atoms in total. The molecule has 0 unspecified atom stereocenters. The molecule has 0 aliphatic carbocycles. The van der Waals surface area contributed by atoms with Crippen LogP contribution in [0.25, 0.3) is 0 Å². The van der Waals surface area contributed by atoms with E-state index in [2.05, 4.69) is 4.44 Å². The van der Waals surface area contributed by atoms with Gasteiger partial charge >= 0.3 is 0 Å². The van der Waals surface area contributed by atoms with Crippen molar-refractivity contribution in [3.05, 3.63) is 71.8 Å². The third kappa shape index (κ3) is 2.96. The van der Waals surface area contributed by atoms with Gasteiger partial charge < -0.3 is 0 Å². The molecule has 0 amide bonds. The second-order valence-electron chi connectivity index (χ2n) is 3.80. The van der Waals surface area contributed by atoms with Crippen molar-refractivity contribution in [3.63, 3.8) is 0 Å². The van der Waals surface area contributed by atoms with Crippen LogP contribution in [0.5, 0.6) is 0 Å². The molecule has 2 rings (SSSR count). The molecule has 0 saturated heterocycles. The maximum Gasteiger partial charge on any atom is 0.265 e. The summed E-state index contributed by atoms with van der Waals surface area (Å²) in [6.07, 6.45) is 0. The number of ketones is 1. The quantitative estimate of drug-likeness (QED) is 0.361. The highest BCUT2D eigenvalue weighted by Gasteiger charge is 2.41. The summed E-state index contributed by atoms with van der Waals surface area (Å²) in [5.74, 6) is -0.457. The molecule has 19 heavy (non-hydrogen) atoms. The summed E-state index contributed by atoms with van der Waals surface area (Å²) in [6, 6.07) is 17.1. The fraction of sp³-hybridized carbons (Fsp3) is 0.0714. The van der Waals surface area contributed by atoms with Crippen LogP contribution in [0.3, 0.4) is 0 Å². The smallest absolute Gasteiger partial charge is 0.265 e. The van der Waals surface area contributed by atoms with Crippen molar-refractivity contribution < 1.29 is 14.1 Å². The molecule has 98 valence electrons. The molecule has 1 atom stereocenters. The summed E-state index contributed by atoms with van der Waals surface area (Å²) in [5, 5.41) is -1.82. The van der Waals surface area contributed by atoms with Crippen molar-refractivity contribution in [3.8, 4) is 0 Å². The van der Waals surface area contributed by atoms with Crippen molar-refractivity contribution in [2.45, 2.75) is 5.06 Å². The first-order valence-electron chi connectivity index (χ1n) is 5.49. The van der Waals surface area contributed by atoms with E-state index >= 15 is 0 Å². The van der Waals surface area contributed by atoms with E-state index in [-0.39, 0.29) is 0 Å². The highest BCUT2D eigenvalue weighted by molar-refractivity contribution is 6.36. The zero-order valence-electron chi connectivity index (χ0n) is 9.75. The van der Waals surface area contributed by atoms with E-state index in [0.717, 1.165) is 0 Å². The van der Waals surface area contributed by atoms with Crippen LogP contribution in [0, 0.1) is 0 Å². The topological polar surface area (TPSA) is 35.5 Å². The molecular formula is C14H10Cl2O3. The predicted octanol–water partition coefficient (Wildman–Crippen LogP) is 4.06. The van der Waals surface area contributed by atoms with E-state index in [0.29, 0.717) is 11.1 Å². The summed E-state index contributed by atoms with van der Waals surface area (Å²) >= 11 is 11.4. The first-order chi connectivity index (χ1) is 9.18. The minimum absolute atomic E-state index is 0.398. The van der Waals surface area contributed by atoms with Crippen molar-refractivity contribution in [1.82, 2.24) is 0 Å². The molecular weight excluding hydrogens is 287 g/mol. The van der Waals surface area contributed by atoms with Gasteiger partial charge in [0.05, 0.1) is 0 Å². The van der Waals surface area contributed by atoms with E-state index in [4.69, 9.17) is 28.4 Å². The van der Waals surface area contributed by atoms with Crippen molar-refractivity contribution in [2.75, 3.05) is 0 Å². The number of halogens is 2. The molecule has 2 aromatic carbocycles. The molecule has 0 aliphatic heterocycles. The fourth-order valence-electron chi connectivity index (χ4n) is 1.69. The fourth-order valence-corrected chi connectivity index (χ4v) is 2.08. The van der Waals surface area contributed by atoms with Gasteiger partial charge in [0.1, 0.15) is 11.9 Å². The van der Waals surface area contributed by atoms with Crippen LogP contribution in [-0.2, 0) is 14.4 Å². The lowest BCUT2D eigenvalue weighted by atomic mass is 9.99. The number of alkyl halides is 1. The third-order valence-corrected chi connectivity index (χ3v) is 3.14. The summed E-state index contributed by atoms with van der Waals surface area (Å²) in [6.45, 7) is 0. The molecule has 0 heterocycles. The molecule has 0 radical (unpaired) electrons. The first kappa shape index (κ1) is 14.0. The second kappa shape index (κ2) is 6.17. The van der Waals surface area contributed by atoms with Crippen molar-refractivity contribution >= 4 is 29.3 Å². The maximum atomic E-state index is 12.5. The Kier molecular flexibility index (Phi) is 4.56. The Hall–Kier alpha value is -1.39. The van der Waals surface area contributed by atoms with Crippen LogP contribution >= 0.6 is 23.5 Å². The SMILES string of the molecule is O=C(c1ccccc1)[C@](Cl)(OOCl)c1ccccc1. The Morgan fingerprint density at radius 1 is 0.947 bits per heavy atom. The van der Waals surface area contributed by atoms with Gasteiger partial charge in [-0.15, -0.1) is 4.44 Å². The van der Waals surface area contributed by atoms with E-state index in [1.165, 1.54) is 0 Å². The van der Waals surface area contributed by atoms with Crippen LogP contribution in [0.1, 0.15) is 15.9 Å². The molecule has 0 aromatic heterocycles. The number of carbonyl (C=O) groups excluding carboxylic acids is 1. The molecule has 0 aliphatic rings. The van der Waals surface area contributed by atoms with Crippen LogP contribution in [-0.4, -0.2) is 5.78 Å². The van der Waals surface area contributed by atoms with Crippen LogP contribution in [0.2, 0.25) is 0 Å². The highest BCUT2D eigenvalue weighted by atomic mass is 35.5. The third-order valence-electron chi connectivity index (χ3n) is 2.62. The maximum absolute atomic E-state index is 12.5. The number of hydrogen-bond donors (Lipinski definition) is 0. The average molecular weight is 297 g/mol. The second-order valence-corrected chi connectivity index (χ2v) is 4.46. The van der Waals surface area contributed by atoms with Crippen molar-refractivity contribution in [2.24, 2.45) is 0 Å². The lowest BCUT2D eigenvalue weighted by Gasteiger charge is -2.23. The predicted molar refractivity (Wildman–Crippen MR) is 72.8 cm³/mol. The summed E-state index contributed by atoms with van der Waals surface area (Å²) in [5.41, 5.74) is 0.834. The van der Waals surface area contributed by atoms with Gasteiger partial charge in [-0.1, -0.05) is 72.3 Å². The van der Waals surface area contributed by atoms with E-state index in [1.807, 2.05) is 0 Å². The minimum atomic E-state index is -1.82. The van der Waals surface area contributed by atoms with Crippen LogP contribution in [0.15, 0.2) is 60.7 Å². The zero-order valence-corrected chi connectivity index (χ0v) is 11.3. The van der Waals surface area contributed by atoms with Gasteiger partial charge in [0.25, 0.3) is 5.06 Å². The van der Waals surface area contributed by atoms with E-state index in [1.54, 1.807) is 60.7 Å². The highest BCUT2D eigenvalue weighted by Crippen LogP contribution is 2.35. The van der Waals surface area contributed by atoms with Crippen molar-refractivity contribution in [1.29, 1.82) is 0 Å². The molecule has 0 spiro atoms. The van der Waals surface area contributed by atoms with Gasteiger partial charge in [-0.25, -0.2) is 0 Å². The Labute approximate surface area is 120 Å². The lowest BCUT2D eigenvalue weighted by Crippen LogP contribution is -2.32. The largest absolute Gasteiger partial charge is 0.289 e. The van der Waals surface area contributed by atoms with Gasteiger partial charge in [0.15, 0.2) is 0 Å². The summed E-state index contributed by atoms with van der Waals surface area (Å²) < 4.78 is 4.12. The Morgan fingerprint density at radius 2 is 1.47 bits per heavy atom. The summed E-state index contributed by atoms with van der Waals surface area (Å²) in [4.78, 5) is 17.3. The number of benzene rings is 2. The molecule has 0 saturated carbocycles. The number of Topliss-reactive ketones (excluding diaryl/α,β-unsaturated/α-hetero) is 1. The zero-order chi connectivity index (χ0) is 13.7. The van der Waals surface area contributed by atoms with Gasteiger partial charge in [0, 0.05) is 11.1 Å². The van der Waals surface area contributed by atoms with Crippen LogP contribution < -0.4 is 0 Å². The molecule has 2 aromatic rings. The standard InChI is InChI=1S/C14H10Cl2O3/c15-14(18-19-16,12-9-5-2-6-10-12)13(17)11-7-3-1-4-8-11/h1-10H/t14-/m1/s1. The number of carbonyl (C=O) groups is 1. The number of hydrogen-bond acceptors (Lipinski definition) is 3. The van der Waals surface area contributed by atoms with Crippen LogP contribution in [0.4, 0.5) is 0 Å². The Bertz CT molecular complexity index is 545. The Balaban J connectivity index is 2.43. The van der Waals surface area contributed by atoms with Gasteiger partial charge in [-0.05, 0) is 0 Å². The minimum Gasteiger partial charge on any atom is -0.289 e. The van der Waals surface area contributed by atoms with E-state index < -0.39 is 10.8 Å². The molecule has 0 N–H and O–H groups in total. The monoisotopic (exact) mass is 296 g/mol. The molecule has 0 fully saturated rings. The molecule has 5 heteroatoms. The lowest BCUT2D eigenvalue weighted by molar-refractivity contribution is -0.246. The van der Waals surface area contributed by atoms with Gasteiger partial charge in [0.2, 0.25) is 5.78 Å². The number of rotatable bonds is 5. The Morgan fingerprint density at radius 3 is 2.00 bits per heavy atom. The average Bonchev–Trinajstić information content (AvgIpc) is 2.48. The van der Waals surface area contributed by atoms with Gasteiger partial charge in [-0.2, -0.15) is 4.89 Å². The van der Waals surface area contributed by atoms with Gasteiger partial charge in [-0.3, -0.25) is 4.79 Å².